The molecule has 1 heterocycles. The van der Waals surface area contributed by atoms with E-state index in [1.165, 1.54) is 23.3 Å². The monoisotopic (exact) mass is 439 g/mol. The standard InChI is InChI=1S/C23H30FN7O/c1-13(2)28-12-16(11-25)17-10-18(19(24)9-15(17)5)23(32)30-21-8-6-7-20(29-21)22(26)31(27)14(3)4/h6-14,26H,25,27H2,1-5H3,(H,29,30,32)/b16-11+,26-22?,28-12?. The fraction of sp³-hybridized carbons (Fsp3) is 0.304. The number of aliphatic imine (C=N–C) groups is 1. The average molecular weight is 440 g/mol. The Hall–Kier alpha value is -3.59. The quantitative estimate of drug-likeness (QED) is 0.227. The number of allylic oxidation sites excluding steroid dienone is 1. The molecule has 9 heteroatoms. The second-order valence-electron chi connectivity index (χ2n) is 7.85. The number of amides is 1. The largest absolute Gasteiger partial charge is 0.404 e. The van der Waals surface area contributed by atoms with Crippen molar-refractivity contribution >= 4 is 29.3 Å². The number of nitrogens with one attached hydrogen (secondary N) is 2. The molecule has 0 bridgehead atoms. The lowest BCUT2D eigenvalue weighted by Crippen LogP contribution is -2.43. The summed E-state index contributed by atoms with van der Waals surface area (Å²) in [6.07, 6.45) is 2.98. The van der Waals surface area contributed by atoms with Crippen molar-refractivity contribution in [2.75, 3.05) is 5.32 Å². The molecule has 0 spiro atoms. The van der Waals surface area contributed by atoms with Crippen molar-refractivity contribution in [2.24, 2.45) is 16.6 Å². The molecule has 0 saturated carbocycles. The zero-order valence-corrected chi connectivity index (χ0v) is 19.0. The molecule has 8 nitrogen and oxygen atoms in total. The molecular formula is C23H30FN7O. The second kappa shape index (κ2) is 10.6. The Kier molecular flexibility index (Phi) is 8.20. The van der Waals surface area contributed by atoms with Gasteiger partial charge in [0.15, 0.2) is 5.84 Å². The normalized spacial score (nSPS) is 12.0. The van der Waals surface area contributed by atoms with Crippen LogP contribution in [0.25, 0.3) is 5.57 Å². The van der Waals surface area contributed by atoms with Crippen LogP contribution < -0.4 is 16.9 Å². The van der Waals surface area contributed by atoms with Gasteiger partial charge in [-0.2, -0.15) is 0 Å². The molecule has 0 aliphatic heterocycles. The van der Waals surface area contributed by atoms with Crippen LogP contribution in [0.4, 0.5) is 10.2 Å². The van der Waals surface area contributed by atoms with Crippen LogP contribution in [0.15, 0.2) is 41.5 Å². The first kappa shape index (κ1) is 24.7. The van der Waals surface area contributed by atoms with Gasteiger partial charge >= 0.3 is 0 Å². The lowest BCUT2D eigenvalue weighted by Gasteiger charge is -2.23. The Labute approximate surface area is 187 Å². The van der Waals surface area contributed by atoms with Gasteiger partial charge in [0.25, 0.3) is 5.91 Å². The molecule has 2 rings (SSSR count). The highest BCUT2D eigenvalue weighted by Crippen LogP contribution is 2.22. The van der Waals surface area contributed by atoms with E-state index in [0.717, 1.165) is 0 Å². The van der Waals surface area contributed by atoms with E-state index in [1.807, 2.05) is 27.7 Å². The van der Waals surface area contributed by atoms with Crippen LogP contribution in [0.5, 0.6) is 0 Å². The highest BCUT2D eigenvalue weighted by atomic mass is 19.1. The number of nitrogens with two attached hydrogens (primary N) is 2. The third-order valence-electron chi connectivity index (χ3n) is 4.61. The van der Waals surface area contributed by atoms with Gasteiger partial charge in [-0.1, -0.05) is 6.07 Å². The molecule has 1 amide bonds. The Morgan fingerprint density at radius 1 is 1.25 bits per heavy atom. The number of hydrogen-bond acceptors (Lipinski definition) is 6. The molecule has 0 saturated heterocycles. The van der Waals surface area contributed by atoms with Crippen LogP contribution in [0.1, 0.15) is 54.9 Å². The summed E-state index contributed by atoms with van der Waals surface area (Å²) in [5.41, 5.74) is 7.67. The van der Waals surface area contributed by atoms with Crippen LogP contribution in [0.2, 0.25) is 0 Å². The number of hydrogen-bond donors (Lipinski definition) is 4. The van der Waals surface area contributed by atoms with Crippen molar-refractivity contribution in [2.45, 2.75) is 46.7 Å². The van der Waals surface area contributed by atoms with E-state index in [-0.39, 0.29) is 35.0 Å². The molecule has 170 valence electrons. The molecule has 0 aliphatic carbocycles. The maximum absolute atomic E-state index is 14.6. The van der Waals surface area contributed by atoms with Crippen molar-refractivity contribution < 1.29 is 9.18 Å². The Morgan fingerprint density at radius 3 is 2.53 bits per heavy atom. The van der Waals surface area contributed by atoms with Crippen molar-refractivity contribution in [1.82, 2.24) is 9.99 Å². The Bertz CT molecular complexity index is 1060. The number of aryl methyl sites for hydroxylation is 1. The molecule has 6 N–H and O–H groups in total. The lowest BCUT2D eigenvalue weighted by atomic mass is 9.98. The van der Waals surface area contributed by atoms with Gasteiger partial charge in [-0.3, -0.25) is 20.2 Å². The van der Waals surface area contributed by atoms with Crippen molar-refractivity contribution in [1.29, 1.82) is 5.41 Å². The van der Waals surface area contributed by atoms with E-state index in [2.05, 4.69) is 15.3 Å². The van der Waals surface area contributed by atoms with Gasteiger partial charge in [-0.05, 0) is 70.0 Å². The second-order valence-corrected chi connectivity index (χ2v) is 7.85. The average Bonchev–Trinajstić information content (AvgIpc) is 2.74. The molecule has 32 heavy (non-hydrogen) atoms. The number of aromatic nitrogens is 1. The number of amidine groups is 1. The third-order valence-corrected chi connectivity index (χ3v) is 4.61. The van der Waals surface area contributed by atoms with Crippen LogP contribution in [-0.4, -0.2) is 40.0 Å². The molecule has 1 aromatic carbocycles. The zero-order valence-electron chi connectivity index (χ0n) is 19.0. The zero-order chi connectivity index (χ0) is 24.0. The smallest absolute Gasteiger partial charge is 0.259 e. The van der Waals surface area contributed by atoms with E-state index < -0.39 is 11.7 Å². The van der Waals surface area contributed by atoms with E-state index in [4.69, 9.17) is 17.0 Å². The van der Waals surface area contributed by atoms with Crippen LogP contribution in [0.3, 0.4) is 0 Å². The molecular weight excluding hydrogens is 409 g/mol. The van der Waals surface area contributed by atoms with E-state index in [1.54, 1.807) is 31.3 Å². The first-order valence-corrected chi connectivity index (χ1v) is 10.2. The summed E-state index contributed by atoms with van der Waals surface area (Å²) in [6.45, 7) is 9.26. The maximum Gasteiger partial charge on any atom is 0.259 e. The SMILES string of the molecule is Cc1cc(F)c(C(=O)Nc2cccc(C(=N)N(N)C(C)C)n2)cc1/C(C=NC(C)C)=C/N. The highest BCUT2D eigenvalue weighted by Gasteiger charge is 2.18. The number of carbonyl (C=O) groups is 1. The number of halogens is 1. The van der Waals surface area contributed by atoms with Gasteiger partial charge < -0.3 is 11.1 Å². The molecule has 2 aromatic rings. The van der Waals surface area contributed by atoms with Gasteiger partial charge in [0.1, 0.15) is 17.3 Å². The number of nitrogens with zero attached hydrogens (tertiary/aromatic N) is 3. The van der Waals surface area contributed by atoms with Gasteiger partial charge in [-0.25, -0.2) is 15.2 Å². The predicted molar refractivity (Wildman–Crippen MR) is 127 cm³/mol. The van der Waals surface area contributed by atoms with E-state index in [0.29, 0.717) is 16.7 Å². The fourth-order valence-corrected chi connectivity index (χ4v) is 2.80. The predicted octanol–water partition coefficient (Wildman–Crippen LogP) is 3.47. The van der Waals surface area contributed by atoms with Crippen LogP contribution in [0, 0.1) is 18.2 Å². The van der Waals surface area contributed by atoms with Gasteiger partial charge in [-0.15, -0.1) is 0 Å². The number of carbonyl (C=O) groups excluding carboxylic acids is 1. The molecule has 0 fully saturated rings. The molecule has 1 aromatic heterocycles. The summed E-state index contributed by atoms with van der Waals surface area (Å²) in [5.74, 6) is 4.71. The Morgan fingerprint density at radius 2 is 1.94 bits per heavy atom. The lowest BCUT2D eigenvalue weighted by molar-refractivity contribution is 0.102. The number of rotatable bonds is 7. The van der Waals surface area contributed by atoms with E-state index in [9.17, 15) is 9.18 Å². The summed E-state index contributed by atoms with van der Waals surface area (Å²) in [6, 6.07) is 7.48. The Balaban J connectivity index is 2.35. The number of pyridine rings is 1. The minimum Gasteiger partial charge on any atom is -0.404 e. The molecule has 0 unspecified atom stereocenters. The van der Waals surface area contributed by atoms with Gasteiger partial charge in [0.2, 0.25) is 0 Å². The fourth-order valence-electron chi connectivity index (χ4n) is 2.80. The van der Waals surface area contributed by atoms with Crippen molar-refractivity contribution in [3.8, 4) is 0 Å². The highest BCUT2D eigenvalue weighted by molar-refractivity contribution is 6.12. The molecule has 0 aliphatic rings. The third kappa shape index (κ3) is 5.98. The minimum absolute atomic E-state index is 0.00191. The first-order chi connectivity index (χ1) is 15.0. The summed E-state index contributed by atoms with van der Waals surface area (Å²) in [7, 11) is 0. The summed E-state index contributed by atoms with van der Waals surface area (Å²) >= 11 is 0. The number of benzene rings is 1. The van der Waals surface area contributed by atoms with E-state index >= 15 is 0 Å². The molecule has 0 atom stereocenters. The number of hydrazine groups is 1. The topological polar surface area (TPSA) is 133 Å². The van der Waals surface area contributed by atoms with Gasteiger partial charge in [0.05, 0.1) is 5.56 Å². The van der Waals surface area contributed by atoms with Gasteiger partial charge in [0, 0.05) is 30.1 Å². The van der Waals surface area contributed by atoms with Crippen molar-refractivity contribution in [3.63, 3.8) is 0 Å². The van der Waals surface area contributed by atoms with Crippen LogP contribution in [-0.2, 0) is 0 Å². The minimum atomic E-state index is -0.675. The van der Waals surface area contributed by atoms with Crippen molar-refractivity contribution in [3.05, 3.63) is 64.7 Å². The van der Waals surface area contributed by atoms with Crippen LogP contribution >= 0.6 is 0 Å². The maximum atomic E-state index is 14.6. The summed E-state index contributed by atoms with van der Waals surface area (Å²) in [4.78, 5) is 21.4. The first-order valence-electron chi connectivity index (χ1n) is 10.2. The number of anilines is 1. The molecule has 0 radical (unpaired) electrons. The summed E-state index contributed by atoms with van der Waals surface area (Å²) in [5, 5.41) is 12.0. The summed E-state index contributed by atoms with van der Waals surface area (Å²) < 4.78 is 14.6.